The van der Waals surface area contributed by atoms with Gasteiger partial charge in [0.2, 0.25) is 0 Å². The molecule has 0 bridgehead atoms. The molecule has 2 atom stereocenters. The summed E-state index contributed by atoms with van der Waals surface area (Å²) < 4.78 is 1.00. The molecule has 1 aromatic rings. The Bertz CT molecular complexity index is 339. The Morgan fingerprint density at radius 2 is 2.44 bits per heavy atom. The van der Waals surface area contributed by atoms with Crippen molar-refractivity contribution in [2.75, 3.05) is 11.4 Å². The molecule has 2 heterocycles. The Balaban J connectivity index is 2.10. The van der Waals surface area contributed by atoms with Gasteiger partial charge in [-0.15, -0.1) is 0 Å². The van der Waals surface area contributed by atoms with Gasteiger partial charge in [0.05, 0.1) is 6.10 Å². The lowest BCUT2D eigenvalue weighted by Gasteiger charge is -2.26. The molecule has 0 aliphatic carbocycles. The molecule has 0 amide bonds. The van der Waals surface area contributed by atoms with E-state index in [0.29, 0.717) is 6.04 Å². The molecule has 16 heavy (non-hydrogen) atoms. The summed E-state index contributed by atoms with van der Waals surface area (Å²) in [5.74, 6) is 1.02. The van der Waals surface area contributed by atoms with E-state index in [1.807, 2.05) is 25.3 Å². The molecule has 1 aliphatic rings. The van der Waals surface area contributed by atoms with Crippen molar-refractivity contribution in [3.05, 3.63) is 22.8 Å². The zero-order valence-electron chi connectivity index (χ0n) is 9.43. The van der Waals surface area contributed by atoms with Crippen LogP contribution in [0.4, 0.5) is 5.82 Å². The summed E-state index contributed by atoms with van der Waals surface area (Å²) in [5.41, 5.74) is 0. The van der Waals surface area contributed by atoms with E-state index in [-0.39, 0.29) is 6.10 Å². The minimum atomic E-state index is -0.235. The quantitative estimate of drug-likeness (QED) is 0.927. The fraction of sp³-hybridized carbons (Fsp3) is 0.583. The maximum Gasteiger partial charge on any atom is 0.128 e. The number of hydrogen-bond acceptors (Lipinski definition) is 3. The minimum Gasteiger partial charge on any atom is -0.393 e. The van der Waals surface area contributed by atoms with E-state index in [1.54, 1.807) is 0 Å². The van der Waals surface area contributed by atoms with Gasteiger partial charge < -0.3 is 10.0 Å². The van der Waals surface area contributed by atoms with Crippen LogP contribution in [0.15, 0.2) is 22.8 Å². The Morgan fingerprint density at radius 3 is 3.06 bits per heavy atom. The van der Waals surface area contributed by atoms with E-state index < -0.39 is 0 Å². The molecule has 0 aromatic carbocycles. The zero-order chi connectivity index (χ0) is 11.5. The average Bonchev–Trinajstić information content (AvgIpc) is 2.66. The molecule has 1 N–H and O–H groups in total. The van der Waals surface area contributed by atoms with Crippen molar-refractivity contribution in [3.63, 3.8) is 0 Å². The van der Waals surface area contributed by atoms with Gasteiger partial charge in [0.1, 0.15) is 5.82 Å². The third-order valence-corrected chi connectivity index (χ3v) is 3.47. The lowest BCUT2D eigenvalue weighted by Crippen LogP contribution is -2.32. The number of anilines is 1. The minimum absolute atomic E-state index is 0.235. The number of pyridine rings is 1. The first-order valence-corrected chi connectivity index (χ1v) is 6.52. The van der Waals surface area contributed by atoms with Crippen LogP contribution in [0.2, 0.25) is 0 Å². The van der Waals surface area contributed by atoms with Gasteiger partial charge in [-0.3, -0.25) is 0 Å². The van der Waals surface area contributed by atoms with Gasteiger partial charge in [-0.25, -0.2) is 4.98 Å². The van der Waals surface area contributed by atoms with Crippen LogP contribution in [0.5, 0.6) is 0 Å². The van der Waals surface area contributed by atoms with E-state index in [1.165, 1.54) is 6.42 Å². The predicted molar refractivity (Wildman–Crippen MR) is 68.6 cm³/mol. The highest BCUT2D eigenvalue weighted by Crippen LogP contribution is 2.27. The van der Waals surface area contributed by atoms with Gasteiger partial charge in [0.25, 0.3) is 0 Å². The zero-order valence-corrected chi connectivity index (χ0v) is 11.0. The lowest BCUT2D eigenvalue weighted by atomic mass is 10.1. The van der Waals surface area contributed by atoms with Crippen LogP contribution < -0.4 is 4.90 Å². The maximum absolute atomic E-state index is 9.47. The summed E-state index contributed by atoms with van der Waals surface area (Å²) in [5, 5.41) is 9.47. The largest absolute Gasteiger partial charge is 0.393 e. The van der Waals surface area contributed by atoms with E-state index in [9.17, 15) is 5.11 Å². The average molecular weight is 285 g/mol. The van der Waals surface area contributed by atoms with E-state index >= 15 is 0 Å². The van der Waals surface area contributed by atoms with E-state index in [4.69, 9.17) is 0 Å². The molecule has 1 aliphatic heterocycles. The van der Waals surface area contributed by atoms with Crippen molar-refractivity contribution >= 4 is 21.7 Å². The van der Waals surface area contributed by atoms with Crippen LogP contribution in [0.3, 0.4) is 0 Å². The second kappa shape index (κ2) is 5.15. The first kappa shape index (κ1) is 11.9. The molecule has 88 valence electrons. The second-order valence-corrected chi connectivity index (χ2v) is 5.32. The molecule has 3 nitrogen and oxygen atoms in total. The van der Waals surface area contributed by atoms with Crippen LogP contribution in [0.1, 0.15) is 26.2 Å². The third kappa shape index (κ3) is 2.74. The molecule has 2 rings (SSSR count). The molecule has 1 fully saturated rings. The number of hydrogen-bond donors (Lipinski definition) is 1. The van der Waals surface area contributed by atoms with Crippen LogP contribution in [0.25, 0.3) is 0 Å². The standard InChI is InChI=1S/C12H17BrN2O/c1-9(16)7-11-3-2-6-15(11)12-5-4-10(13)8-14-12/h4-5,8-9,11,16H,2-3,6-7H2,1H3. The highest BCUT2D eigenvalue weighted by molar-refractivity contribution is 9.10. The van der Waals surface area contributed by atoms with E-state index in [0.717, 1.165) is 29.7 Å². The molecule has 2 unspecified atom stereocenters. The van der Waals surface area contributed by atoms with Crippen molar-refractivity contribution in [2.24, 2.45) is 0 Å². The molecular weight excluding hydrogens is 268 g/mol. The first-order valence-electron chi connectivity index (χ1n) is 5.73. The summed E-state index contributed by atoms with van der Waals surface area (Å²) in [7, 11) is 0. The maximum atomic E-state index is 9.47. The summed E-state index contributed by atoms with van der Waals surface area (Å²) in [6, 6.07) is 4.48. The molecule has 0 radical (unpaired) electrons. The highest BCUT2D eigenvalue weighted by Gasteiger charge is 2.26. The molecule has 0 spiro atoms. The number of nitrogens with zero attached hydrogens (tertiary/aromatic N) is 2. The Kier molecular flexibility index (Phi) is 3.82. The van der Waals surface area contributed by atoms with Crippen molar-refractivity contribution < 1.29 is 5.11 Å². The normalized spacial score (nSPS) is 22.4. The summed E-state index contributed by atoms with van der Waals surface area (Å²) in [6.07, 6.45) is 4.77. The lowest BCUT2D eigenvalue weighted by molar-refractivity contribution is 0.175. The van der Waals surface area contributed by atoms with Crippen LogP contribution >= 0.6 is 15.9 Å². The fourth-order valence-corrected chi connectivity index (χ4v) is 2.55. The summed E-state index contributed by atoms with van der Waals surface area (Å²) in [4.78, 5) is 6.72. The Labute approximate surface area is 105 Å². The SMILES string of the molecule is CC(O)CC1CCCN1c1ccc(Br)cn1. The van der Waals surface area contributed by atoms with Gasteiger partial charge >= 0.3 is 0 Å². The fourth-order valence-electron chi connectivity index (χ4n) is 2.31. The molecule has 1 aromatic heterocycles. The number of aliphatic hydroxyl groups is 1. The predicted octanol–water partition coefficient (Wildman–Crippen LogP) is 2.58. The Morgan fingerprint density at radius 1 is 1.62 bits per heavy atom. The number of rotatable bonds is 3. The first-order chi connectivity index (χ1) is 7.66. The van der Waals surface area contributed by atoms with Crippen molar-refractivity contribution in [1.29, 1.82) is 0 Å². The van der Waals surface area contributed by atoms with Gasteiger partial charge in [0.15, 0.2) is 0 Å². The molecule has 0 saturated carbocycles. The second-order valence-electron chi connectivity index (χ2n) is 4.41. The topological polar surface area (TPSA) is 36.4 Å². The van der Waals surface area contributed by atoms with Crippen molar-refractivity contribution in [1.82, 2.24) is 4.98 Å². The number of halogens is 1. The Hall–Kier alpha value is -0.610. The van der Waals surface area contributed by atoms with Crippen molar-refractivity contribution in [3.8, 4) is 0 Å². The van der Waals surface area contributed by atoms with Gasteiger partial charge in [-0.1, -0.05) is 0 Å². The van der Waals surface area contributed by atoms with Gasteiger partial charge in [-0.2, -0.15) is 0 Å². The number of aromatic nitrogens is 1. The van der Waals surface area contributed by atoms with E-state index in [2.05, 4.69) is 25.8 Å². The summed E-state index contributed by atoms with van der Waals surface area (Å²) in [6.45, 7) is 2.90. The van der Waals surface area contributed by atoms with Crippen LogP contribution in [-0.4, -0.2) is 28.8 Å². The molecule has 4 heteroatoms. The number of aliphatic hydroxyl groups excluding tert-OH is 1. The van der Waals surface area contributed by atoms with Gasteiger partial charge in [-0.05, 0) is 54.2 Å². The molecular formula is C12H17BrN2O. The monoisotopic (exact) mass is 284 g/mol. The third-order valence-electron chi connectivity index (χ3n) is 3.00. The smallest absolute Gasteiger partial charge is 0.128 e. The van der Waals surface area contributed by atoms with Gasteiger partial charge in [0, 0.05) is 23.3 Å². The van der Waals surface area contributed by atoms with Crippen LogP contribution in [0, 0.1) is 0 Å². The van der Waals surface area contributed by atoms with Crippen LogP contribution in [-0.2, 0) is 0 Å². The molecule has 1 saturated heterocycles. The van der Waals surface area contributed by atoms with Crippen molar-refractivity contribution in [2.45, 2.75) is 38.3 Å². The summed E-state index contributed by atoms with van der Waals surface area (Å²) >= 11 is 3.39. The highest BCUT2D eigenvalue weighted by atomic mass is 79.9.